The van der Waals surface area contributed by atoms with Gasteiger partial charge in [-0.05, 0) is 23.8 Å². The topological polar surface area (TPSA) is 70.2 Å². The molecule has 6 heteroatoms. The van der Waals surface area contributed by atoms with Crippen LogP contribution in [0.1, 0.15) is 5.56 Å². The van der Waals surface area contributed by atoms with Crippen LogP contribution in [0.3, 0.4) is 0 Å². The van der Waals surface area contributed by atoms with Crippen LogP contribution in [0.5, 0.6) is 0 Å². The fraction of sp³-hybridized carbons (Fsp3) is 0.111. The molecule has 0 saturated carbocycles. The predicted molar refractivity (Wildman–Crippen MR) is 92.4 cm³/mol. The van der Waals surface area contributed by atoms with E-state index in [1.807, 2.05) is 30.3 Å². The van der Waals surface area contributed by atoms with E-state index in [1.165, 1.54) is 18.2 Å². The molecule has 0 fully saturated rings. The summed E-state index contributed by atoms with van der Waals surface area (Å²) in [4.78, 5) is 23.6. The Labute approximate surface area is 139 Å². The number of amides is 3. The number of urea groups is 1. The predicted octanol–water partition coefficient (Wildman–Crippen LogP) is 3.31. The van der Waals surface area contributed by atoms with Crippen LogP contribution in [0.15, 0.2) is 61.2 Å². The van der Waals surface area contributed by atoms with Crippen molar-refractivity contribution in [2.75, 3.05) is 17.2 Å². The zero-order valence-corrected chi connectivity index (χ0v) is 13.0. The summed E-state index contributed by atoms with van der Waals surface area (Å²) in [5, 5.41) is 7.60. The molecule has 0 atom stereocenters. The maximum absolute atomic E-state index is 13.9. The van der Waals surface area contributed by atoms with Gasteiger partial charge >= 0.3 is 6.03 Å². The Morgan fingerprint density at radius 3 is 2.54 bits per heavy atom. The number of hydrogen-bond acceptors (Lipinski definition) is 2. The van der Waals surface area contributed by atoms with Gasteiger partial charge in [0.1, 0.15) is 5.82 Å². The van der Waals surface area contributed by atoms with Crippen molar-refractivity contribution in [1.29, 1.82) is 0 Å². The van der Waals surface area contributed by atoms with Gasteiger partial charge in [0.05, 0.1) is 12.1 Å². The third-order valence-electron chi connectivity index (χ3n) is 3.11. The number of hydrogen-bond donors (Lipinski definition) is 3. The van der Waals surface area contributed by atoms with Gasteiger partial charge in [0.15, 0.2) is 0 Å². The molecule has 0 bridgehead atoms. The monoisotopic (exact) mass is 327 g/mol. The van der Waals surface area contributed by atoms with Gasteiger partial charge in [0.25, 0.3) is 0 Å². The molecule has 0 unspecified atom stereocenters. The van der Waals surface area contributed by atoms with Crippen LogP contribution in [-0.2, 0) is 11.2 Å². The van der Waals surface area contributed by atoms with Gasteiger partial charge in [-0.15, -0.1) is 6.58 Å². The first-order valence-electron chi connectivity index (χ1n) is 7.37. The summed E-state index contributed by atoms with van der Waals surface area (Å²) in [6.45, 7) is 3.81. The lowest BCUT2D eigenvalue weighted by atomic mass is 10.1. The summed E-state index contributed by atoms with van der Waals surface area (Å²) < 4.78 is 13.9. The molecule has 0 saturated heterocycles. The average Bonchev–Trinajstić information content (AvgIpc) is 2.57. The summed E-state index contributed by atoms with van der Waals surface area (Å²) in [5.74, 6) is -0.915. The largest absolute Gasteiger partial charge is 0.334 e. The van der Waals surface area contributed by atoms with E-state index in [4.69, 9.17) is 0 Å². The van der Waals surface area contributed by atoms with Crippen LogP contribution in [0.4, 0.5) is 20.6 Å². The molecular weight excluding hydrogens is 309 g/mol. The molecule has 0 aliphatic carbocycles. The highest BCUT2D eigenvalue weighted by molar-refractivity contribution is 5.94. The standard InChI is InChI=1S/C18H18FN3O2/c1-2-10-20-18(24)21-14-8-9-15(19)16(12-14)22-17(23)11-13-6-4-3-5-7-13/h2-9,12H,1,10-11H2,(H,22,23)(H2,20,21,24). The maximum Gasteiger partial charge on any atom is 0.319 e. The zero-order valence-electron chi connectivity index (χ0n) is 13.0. The van der Waals surface area contributed by atoms with Gasteiger partial charge in [0.2, 0.25) is 5.91 Å². The molecule has 5 nitrogen and oxygen atoms in total. The Morgan fingerprint density at radius 2 is 1.83 bits per heavy atom. The van der Waals surface area contributed by atoms with E-state index in [1.54, 1.807) is 6.08 Å². The van der Waals surface area contributed by atoms with Crippen molar-refractivity contribution in [3.63, 3.8) is 0 Å². The number of anilines is 2. The van der Waals surface area contributed by atoms with Crippen LogP contribution in [0, 0.1) is 5.82 Å². The zero-order chi connectivity index (χ0) is 17.4. The summed E-state index contributed by atoms with van der Waals surface area (Å²) >= 11 is 0. The number of rotatable bonds is 6. The van der Waals surface area contributed by atoms with Crippen molar-refractivity contribution in [1.82, 2.24) is 5.32 Å². The van der Waals surface area contributed by atoms with Crippen LogP contribution in [0.25, 0.3) is 0 Å². The van der Waals surface area contributed by atoms with E-state index < -0.39 is 11.8 Å². The summed E-state index contributed by atoms with van der Waals surface area (Å²) in [7, 11) is 0. The van der Waals surface area contributed by atoms with Gasteiger partial charge in [-0.3, -0.25) is 4.79 Å². The van der Waals surface area contributed by atoms with E-state index >= 15 is 0 Å². The molecule has 0 heterocycles. The van der Waals surface area contributed by atoms with Crippen molar-refractivity contribution in [2.24, 2.45) is 0 Å². The summed E-state index contributed by atoms with van der Waals surface area (Å²) in [6, 6.07) is 12.7. The van der Waals surface area contributed by atoms with E-state index in [2.05, 4.69) is 22.5 Å². The molecule has 3 amide bonds. The smallest absolute Gasteiger partial charge is 0.319 e. The highest BCUT2D eigenvalue weighted by atomic mass is 19.1. The van der Waals surface area contributed by atoms with E-state index in [9.17, 15) is 14.0 Å². The average molecular weight is 327 g/mol. The molecule has 0 spiro atoms. The van der Waals surface area contributed by atoms with Crippen molar-refractivity contribution in [2.45, 2.75) is 6.42 Å². The highest BCUT2D eigenvalue weighted by Gasteiger charge is 2.10. The lowest BCUT2D eigenvalue weighted by molar-refractivity contribution is -0.115. The second-order valence-corrected chi connectivity index (χ2v) is 5.03. The second-order valence-electron chi connectivity index (χ2n) is 5.03. The van der Waals surface area contributed by atoms with Crippen LogP contribution in [0.2, 0.25) is 0 Å². The minimum Gasteiger partial charge on any atom is -0.334 e. The number of halogens is 1. The molecule has 2 aromatic rings. The minimum atomic E-state index is -0.575. The van der Waals surface area contributed by atoms with Gasteiger partial charge in [-0.2, -0.15) is 0 Å². The fourth-order valence-electron chi connectivity index (χ4n) is 2.01. The van der Waals surface area contributed by atoms with Crippen LogP contribution in [-0.4, -0.2) is 18.5 Å². The first-order valence-corrected chi connectivity index (χ1v) is 7.37. The van der Waals surface area contributed by atoms with Crippen molar-refractivity contribution >= 4 is 23.3 Å². The molecule has 2 rings (SSSR count). The van der Waals surface area contributed by atoms with E-state index in [0.717, 1.165) is 5.56 Å². The van der Waals surface area contributed by atoms with Crippen molar-refractivity contribution < 1.29 is 14.0 Å². The molecule has 3 N–H and O–H groups in total. The van der Waals surface area contributed by atoms with E-state index in [0.29, 0.717) is 12.2 Å². The SMILES string of the molecule is C=CCNC(=O)Nc1ccc(F)c(NC(=O)Cc2ccccc2)c1. The molecule has 0 aliphatic rings. The molecular formula is C18H18FN3O2. The second kappa shape index (κ2) is 8.47. The first kappa shape index (κ1) is 17.2. The van der Waals surface area contributed by atoms with E-state index in [-0.39, 0.29) is 18.0 Å². The van der Waals surface area contributed by atoms with Crippen LogP contribution >= 0.6 is 0 Å². The third-order valence-corrected chi connectivity index (χ3v) is 3.11. The normalized spacial score (nSPS) is 9.88. The molecule has 2 aromatic carbocycles. The van der Waals surface area contributed by atoms with Crippen LogP contribution < -0.4 is 16.0 Å². The quantitative estimate of drug-likeness (QED) is 0.712. The van der Waals surface area contributed by atoms with Gasteiger partial charge in [0, 0.05) is 12.2 Å². The number of benzene rings is 2. The molecule has 0 radical (unpaired) electrons. The lowest BCUT2D eigenvalue weighted by Gasteiger charge is -2.10. The Kier molecular flexibility index (Phi) is 6.08. The Bertz CT molecular complexity index is 732. The lowest BCUT2D eigenvalue weighted by Crippen LogP contribution is -2.28. The number of nitrogens with one attached hydrogen (secondary N) is 3. The van der Waals surface area contributed by atoms with Crippen molar-refractivity contribution in [3.8, 4) is 0 Å². The van der Waals surface area contributed by atoms with Gasteiger partial charge in [-0.1, -0.05) is 36.4 Å². The fourth-order valence-corrected chi connectivity index (χ4v) is 2.01. The summed E-state index contributed by atoms with van der Waals surface area (Å²) in [5.41, 5.74) is 1.21. The Morgan fingerprint density at radius 1 is 1.08 bits per heavy atom. The highest BCUT2D eigenvalue weighted by Crippen LogP contribution is 2.20. The summed E-state index contributed by atoms with van der Waals surface area (Å²) in [6.07, 6.45) is 1.68. The number of carbonyl (C=O) groups excluding carboxylic acids is 2. The molecule has 0 aliphatic heterocycles. The minimum absolute atomic E-state index is 0.0115. The molecule has 0 aromatic heterocycles. The maximum atomic E-state index is 13.9. The van der Waals surface area contributed by atoms with Gasteiger partial charge in [-0.25, -0.2) is 9.18 Å². The molecule has 124 valence electrons. The van der Waals surface area contributed by atoms with Gasteiger partial charge < -0.3 is 16.0 Å². The Balaban J connectivity index is 2.01. The third kappa shape index (κ3) is 5.24. The van der Waals surface area contributed by atoms with Crippen molar-refractivity contribution in [3.05, 3.63) is 72.6 Å². The first-order chi connectivity index (χ1) is 11.6. The molecule has 24 heavy (non-hydrogen) atoms. The Hall–Kier alpha value is -3.15. The number of carbonyl (C=O) groups is 2.